The summed E-state index contributed by atoms with van der Waals surface area (Å²) in [6.07, 6.45) is 8.18. The number of benzene rings is 2. The number of ketones is 2. The molecule has 35 heavy (non-hydrogen) atoms. The molecule has 1 heterocycles. The van der Waals surface area contributed by atoms with Crippen LogP contribution in [0.4, 0.5) is 0 Å². The molecule has 4 rings (SSSR count). The number of allylic oxidation sites excluding steroid dienone is 2. The van der Waals surface area contributed by atoms with Gasteiger partial charge in [0.1, 0.15) is 16.9 Å². The van der Waals surface area contributed by atoms with Crippen molar-refractivity contribution in [3.63, 3.8) is 0 Å². The van der Waals surface area contributed by atoms with Gasteiger partial charge in [0.2, 0.25) is 11.6 Å². The van der Waals surface area contributed by atoms with Crippen molar-refractivity contribution in [2.75, 3.05) is 6.54 Å². The number of aliphatic carboxylic acids is 1. The quantitative estimate of drug-likeness (QED) is 0.340. The SMILES string of the molecule is O=C(O)CCCCCCCCCCNC1=C(n2nnc3ccccc32)C(=O)c2ccccc2C1=O. The Hall–Kier alpha value is -3.81. The fourth-order valence-electron chi connectivity index (χ4n) is 4.44. The molecule has 1 aromatic heterocycles. The summed E-state index contributed by atoms with van der Waals surface area (Å²) in [7, 11) is 0. The van der Waals surface area contributed by atoms with Gasteiger partial charge in [0.25, 0.3) is 0 Å². The molecule has 0 amide bonds. The smallest absolute Gasteiger partial charge is 0.303 e. The molecular formula is C27H30N4O4. The molecule has 0 fully saturated rings. The number of carbonyl (C=O) groups is 3. The van der Waals surface area contributed by atoms with E-state index >= 15 is 0 Å². The van der Waals surface area contributed by atoms with Gasteiger partial charge in [0.15, 0.2) is 0 Å². The van der Waals surface area contributed by atoms with Crippen molar-refractivity contribution in [2.45, 2.75) is 57.8 Å². The highest BCUT2D eigenvalue weighted by Crippen LogP contribution is 2.29. The Morgan fingerprint density at radius 2 is 1.40 bits per heavy atom. The highest BCUT2D eigenvalue weighted by molar-refractivity contribution is 6.37. The summed E-state index contributed by atoms with van der Waals surface area (Å²) >= 11 is 0. The topological polar surface area (TPSA) is 114 Å². The van der Waals surface area contributed by atoms with Crippen molar-refractivity contribution in [2.24, 2.45) is 0 Å². The predicted molar refractivity (Wildman–Crippen MR) is 133 cm³/mol. The Kier molecular flexibility index (Phi) is 8.03. The fraction of sp³-hybridized carbons (Fsp3) is 0.370. The third-order valence-electron chi connectivity index (χ3n) is 6.28. The summed E-state index contributed by atoms with van der Waals surface area (Å²) in [4.78, 5) is 37.4. The molecule has 0 saturated heterocycles. The molecule has 182 valence electrons. The van der Waals surface area contributed by atoms with E-state index < -0.39 is 5.97 Å². The zero-order valence-corrected chi connectivity index (χ0v) is 19.7. The van der Waals surface area contributed by atoms with E-state index in [0.717, 1.165) is 51.4 Å². The van der Waals surface area contributed by atoms with Gasteiger partial charge in [0.05, 0.1) is 5.52 Å². The van der Waals surface area contributed by atoms with Gasteiger partial charge in [0, 0.05) is 24.1 Å². The third-order valence-corrected chi connectivity index (χ3v) is 6.28. The van der Waals surface area contributed by atoms with Crippen LogP contribution in [0.1, 0.15) is 78.5 Å². The van der Waals surface area contributed by atoms with Gasteiger partial charge in [-0.3, -0.25) is 14.4 Å². The highest BCUT2D eigenvalue weighted by atomic mass is 16.4. The fourth-order valence-corrected chi connectivity index (χ4v) is 4.44. The first-order valence-corrected chi connectivity index (χ1v) is 12.3. The first-order chi connectivity index (χ1) is 17.1. The Morgan fingerprint density at radius 3 is 2.11 bits per heavy atom. The lowest BCUT2D eigenvalue weighted by molar-refractivity contribution is -0.137. The second-order valence-corrected chi connectivity index (χ2v) is 8.82. The number of aromatic nitrogens is 3. The highest BCUT2D eigenvalue weighted by Gasteiger charge is 2.34. The average Bonchev–Trinajstić information content (AvgIpc) is 3.29. The lowest BCUT2D eigenvalue weighted by Crippen LogP contribution is -2.32. The molecule has 8 nitrogen and oxygen atoms in total. The zero-order valence-electron chi connectivity index (χ0n) is 19.7. The van der Waals surface area contributed by atoms with E-state index in [1.165, 1.54) is 4.68 Å². The number of nitrogens with one attached hydrogen (secondary N) is 1. The molecule has 0 bridgehead atoms. The van der Waals surface area contributed by atoms with Gasteiger partial charge >= 0.3 is 5.97 Å². The molecule has 1 aliphatic carbocycles. The normalized spacial score (nSPS) is 13.4. The number of carboxylic acid groups (broad SMARTS) is 1. The lowest BCUT2D eigenvalue weighted by atomic mass is 9.90. The van der Waals surface area contributed by atoms with Gasteiger partial charge in [-0.2, -0.15) is 0 Å². The van der Waals surface area contributed by atoms with Crippen LogP contribution in [0.2, 0.25) is 0 Å². The second kappa shape index (κ2) is 11.6. The molecule has 0 aliphatic heterocycles. The minimum absolute atomic E-state index is 0.212. The van der Waals surface area contributed by atoms with E-state index in [2.05, 4.69) is 15.6 Å². The maximum Gasteiger partial charge on any atom is 0.303 e. The summed E-state index contributed by atoms with van der Waals surface area (Å²) in [5.74, 6) is -1.19. The number of carboxylic acids is 1. The van der Waals surface area contributed by atoms with Crippen LogP contribution in [-0.4, -0.2) is 44.2 Å². The van der Waals surface area contributed by atoms with Crippen LogP contribution in [-0.2, 0) is 4.79 Å². The largest absolute Gasteiger partial charge is 0.481 e. The molecule has 0 unspecified atom stereocenters. The number of Topliss-reactive ketones (excluding diaryl/α,β-unsaturated/α-hetero) is 2. The zero-order chi connectivity index (χ0) is 24.6. The summed E-state index contributed by atoms with van der Waals surface area (Å²) in [5.41, 5.74) is 2.58. The molecule has 8 heteroatoms. The number of fused-ring (bicyclic) bond motifs is 2. The van der Waals surface area contributed by atoms with Gasteiger partial charge < -0.3 is 10.4 Å². The number of rotatable bonds is 13. The van der Waals surface area contributed by atoms with Crippen molar-refractivity contribution in [3.8, 4) is 0 Å². The molecule has 2 N–H and O–H groups in total. The predicted octanol–water partition coefficient (Wildman–Crippen LogP) is 4.86. The van der Waals surface area contributed by atoms with Crippen molar-refractivity contribution >= 4 is 34.3 Å². The molecular weight excluding hydrogens is 444 g/mol. The molecule has 0 saturated carbocycles. The van der Waals surface area contributed by atoms with Crippen LogP contribution in [0.5, 0.6) is 0 Å². The van der Waals surface area contributed by atoms with Gasteiger partial charge in [-0.25, -0.2) is 4.68 Å². The van der Waals surface area contributed by atoms with Gasteiger partial charge in [-0.1, -0.05) is 80.1 Å². The van der Waals surface area contributed by atoms with Crippen LogP contribution >= 0.6 is 0 Å². The van der Waals surface area contributed by atoms with Crippen LogP contribution in [0.25, 0.3) is 16.7 Å². The number of carbonyl (C=O) groups excluding carboxylic acids is 2. The van der Waals surface area contributed by atoms with Gasteiger partial charge in [-0.05, 0) is 25.0 Å². The Bertz CT molecular complexity index is 1260. The Balaban J connectivity index is 1.40. The molecule has 0 atom stereocenters. The van der Waals surface area contributed by atoms with Crippen LogP contribution in [0.3, 0.4) is 0 Å². The maximum atomic E-state index is 13.5. The van der Waals surface area contributed by atoms with Crippen LogP contribution in [0, 0.1) is 0 Å². The van der Waals surface area contributed by atoms with E-state index in [-0.39, 0.29) is 29.4 Å². The molecule has 1 aliphatic rings. The molecule has 0 spiro atoms. The summed E-state index contributed by atoms with van der Waals surface area (Å²) in [5, 5.41) is 20.3. The van der Waals surface area contributed by atoms with Crippen molar-refractivity contribution in [3.05, 3.63) is 65.4 Å². The van der Waals surface area contributed by atoms with E-state index in [4.69, 9.17) is 5.11 Å². The Labute approximate surface area is 204 Å². The minimum atomic E-state index is -0.727. The van der Waals surface area contributed by atoms with Gasteiger partial charge in [-0.15, -0.1) is 5.10 Å². The molecule has 3 aromatic rings. The number of para-hydroxylation sites is 1. The first kappa shape index (κ1) is 24.3. The monoisotopic (exact) mass is 474 g/mol. The van der Waals surface area contributed by atoms with Crippen molar-refractivity contribution in [1.29, 1.82) is 0 Å². The van der Waals surface area contributed by atoms with Crippen LogP contribution < -0.4 is 5.32 Å². The Morgan fingerprint density at radius 1 is 0.800 bits per heavy atom. The van der Waals surface area contributed by atoms with E-state index in [9.17, 15) is 14.4 Å². The maximum absolute atomic E-state index is 13.5. The number of unbranched alkanes of at least 4 members (excludes halogenated alkanes) is 7. The van der Waals surface area contributed by atoms with Crippen molar-refractivity contribution in [1.82, 2.24) is 20.3 Å². The average molecular weight is 475 g/mol. The van der Waals surface area contributed by atoms with E-state index in [1.807, 2.05) is 24.3 Å². The second-order valence-electron chi connectivity index (χ2n) is 8.82. The van der Waals surface area contributed by atoms with Crippen molar-refractivity contribution < 1.29 is 19.5 Å². The van der Waals surface area contributed by atoms with E-state index in [0.29, 0.717) is 28.7 Å². The third kappa shape index (κ3) is 5.65. The summed E-state index contributed by atoms with van der Waals surface area (Å²) < 4.78 is 1.47. The molecule has 0 radical (unpaired) electrons. The minimum Gasteiger partial charge on any atom is -0.481 e. The standard InChI is InChI=1S/C27H30N4O4/c32-23(33)17-7-5-3-1-2-4-6-12-18-28-24-25(31-22-16-11-10-15-21(22)29-30-31)27(35)20-14-9-8-13-19(20)26(24)34/h8-11,13-16,28H,1-7,12,17-18H2,(H,32,33). The lowest BCUT2D eigenvalue weighted by Gasteiger charge is -2.22. The number of hydrogen-bond donors (Lipinski definition) is 2. The molecule has 2 aromatic carbocycles. The van der Waals surface area contributed by atoms with E-state index in [1.54, 1.807) is 24.3 Å². The van der Waals surface area contributed by atoms with Crippen LogP contribution in [0.15, 0.2) is 54.2 Å². The number of hydrogen-bond acceptors (Lipinski definition) is 6. The summed E-state index contributed by atoms with van der Waals surface area (Å²) in [6.45, 7) is 0.575. The first-order valence-electron chi connectivity index (χ1n) is 12.3. The number of nitrogens with zero attached hydrogens (tertiary/aromatic N) is 3. The summed E-state index contributed by atoms with van der Waals surface area (Å²) in [6, 6.07) is 14.2.